The van der Waals surface area contributed by atoms with Crippen molar-refractivity contribution >= 4 is 39.0 Å². The van der Waals surface area contributed by atoms with Crippen LogP contribution in [-0.2, 0) is 6.42 Å². The number of aliphatic imine (C=N–C) groups is 1. The molecule has 0 saturated heterocycles. The smallest absolute Gasteiger partial charge is 0.320 e. The predicted molar refractivity (Wildman–Crippen MR) is 95.9 cm³/mol. The van der Waals surface area contributed by atoms with E-state index in [0.717, 1.165) is 22.3 Å². The van der Waals surface area contributed by atoms with Gasteiger partial charge in [0.15, 0.2) is 6.04 Å². The molecule has 0 amide bonds. The van der Waals surface area contributed by atoms with Gasteiger partial charge in [-0.05, 0) is 43.0 Å². The van der Waals surface area contributed by atoms with E-state index in [9.17, 15) is 5.11 Å². The monoisotopic (exact) mass is 359 g/mol. The first-order valence-electron chi connectivity index (χ1n) is 8.17. The van der Waals surface area contributed by atoms with E-state index in [1.807, 2.05) is 26.0 Å². The van der Waals surface area contributed by atoms with Crippen LogP contribution in [0.4, 0.5) is 11.6 Å². The third-order valence-electron chi connectivity index (χ3n) is 3.68. The molecule has 2 N–H and O–H groups in total. The Balaban J connectivity index is 1.96. The molecule has 3 aromatic heterocycles. The Kier molecular flexibility index (Phi) is 4.71. The molecule has 0 unspecified atom stereocenters. The molecule has 0 atom stereocenters. The summed E-state index contributed by atoms with van der Waals surface area (Å²) in [5, 5.41) is 17.1. The molecule has 0 fully saturated rings. The molecule has 0 aromatic carbocycles. The summed E-state index contributed by atoms with van der Waals surface area (Å²) in [6.07, 6.45) is 2.47. The highest BCUT2D eigenvalue weighted by Gasteiger charge is 2.16. The van der Waals surface area contributed by atoms with Gasteiger partial charge in [0.2, 0.25) is 5.27 Å². The van der Waals surface area contributed by atoms with Crippen molar-refractivity contribution in [2.75, 3.05) is 5.73 Å². The largest absolute Gasteiger partial charge is 0.857 e. The fourth-order valence-electron chi connectivity index (χ4n) is 2.42. The third kappa shape index (κ3) is 3.63. The van der Waals surface area contributed by atoms with Gasteiger partial charge in [0.1, 0.15) is 4.83 Å². The van der Waals surface area contributed by atoms with E-state index in [1.165, 1.54) is 11.3 Å². The summed E-state index contributed by atoms with van der Waals surface area (Å²) in [4.78, 5) is 9.72. The second-order valence-electron chi connectivity index (χ2n) is 6.63. The van der Waals surface area contributed by atoms with Crippen LogP contribution in [0.25, 0.3) is 10.2 Å². The number of thiophene rings is 1. The van der Waals surface area contributed by atoms with Crippen molar-refractivity contribution in [3.8, 4) is 0 Å². The van der Waals surface area contributed by atoms with Crippen molar-refractivity contribution in [3.63, 3.8) is 0 Å². The van der Waals surface area contributed by atoms with E-state index in [1.54, 1.807) is 10.9 Å². The van der Waals surface area contributed by atoms with Crippen molar-refractivity contribution in [1.29, 1.82) is 0 Å². The van der Waals surface area contributed by atoms with Gasteiger partial charge in [-0.2, -0.15) is 0 Å². The number of hydrogen-bond acceptors (Lipinski definition) is 7. The lowest BCUT2D eigenvalue weighted by Crippen LogP contribution is -2.36. The number of fused-ring (bicyclic) bond motifs is 1. The maximum atomic E-state index is 12.5. The highest BCUT2D eigenvalue weighted by Crippen LogP contribution is 2.33. The van der Waals surface area contributed by atoms with Crippen LogP contribution in [0.2, 0.25) is 0 Å². The highest BCUT2D eigenvalue weighted by molar-refractivity contribution is 7.21. The van der Waals surface area contributed by atoms with Crippen LogP contribution in [0.3, 0.4) is 0 Å². The summed E-state index contributed by atoms with van der Waals surface area (Å²) < 4.78 is 6.67. The van der Waals surface area contributed by atoms with Crippen LogP contribution in [-0.4, -0.2) is 16.2 Å². The minimum atomic E-state index is -0.446. The van der Waals surface area contributed by atoms with E-state index >= 15 is 0 Å². The van der Waals surface area contributed by atoms with E-state index in [2.05, 4.69) is 29.1 Å². The second-order valence-corrected chi connectivity index (χ2v) is 7.63. The molecule has 0 radical (unpaired) electrons. The molecule has 3 aromatic rings. The summed E-state index contributed by atoms with van der Waals surface area (Å²) in [5.74, 6) is 0.222. The van der Waals surface area contributed by atoms with E-state index < -0.39 is 5.90 Å². The average Bonchev–Trinajstić information content (AvgIpc) is 3.12. The van der Waals surface area contributed by atoms with Crippen LogP contribution in [0.5, 0.6) is 0 Å². The molecule has 0 aliphatic heterocycles. The quantitative estimate of drug-likeness (QED) is 0.428. The van der Waals surface area contributed by atoms with Gasteiger partial charge in [0, 0.05) is 17.0 Å². The number of rotatable bonds is 5. The van der Waals surface area contributed by atoms with Crippen molar-refractivity contribution in [1.82, 2.24) is 10.3 Å². The Morgan fingerprint density at radius 2 is 2.12 bits per heavy atom. The zero-order chi connectivity index (χ0) is 18.1. The van der Waals surface area contributed by atoms with Crippen LogP contribution in [0, 0.1) is 5.92 Å². The molecule has 3 heterocycles. The number of nitrogens with zero attached hydrogens (tertiary/aromatic N) is 4. The van der Waals surface area contributed by atoms with Crippen LogP contribution < -0.4 is 15.5 Å². The van der Waals surface area contributed by atoms with Crippen LogP contribution in [0.15, 0.2) is 27.8 Å². The molecule has 7 nitrogen and oxygen atoms in total. The molecule has 0 spiro atoms. The second kappa shape index (κ2) is 6.79. The van der Waals surface area contributed by atoms with E-state index in [0.29, 0.717) is 16.5 Å². The van der Waals surface area contributed by atoms with Gasteiger partial charge in [-0.25, -0.2) is 9.98 Å². The Labute approximate surface area is 149 Å². The molecule has 0 bridgehead atoms. The lowest BCUT2D eigenvalue weighted by atomic mass is 10.1. The van der Waals surface area contributed by atoms with Gasteiger partial charge in [-0.15, -0.1) is 11.3 Å². The highest BCUT2D eigenvalue weighted by atomic mass is 32.1. The Hall–Kier alpha value is -2.48. The maximum Gasteiger partial charge on any atom is 0.320 e. The first-order chi connectivity index (χ1) is 11.8. The SMILES string of the molecule is CC(C)Cc1ccc2c(N)c(/C([O-])=N/c3c[n+](C(C)C)no3)sc2n1. The van der Waals surface area contributed by atoms with Gasteiger partial charge >= 0.3 is 5.88 Å². The molecule has 8 heteroatoms. The average molecular weight is 359 g/mol. The minimum absolute atomic E-state index is 0.126. The van der Waals surface area contributed by atoms with Gasteiger partial charge in [0.05, 0.1) is 10.6 Å². The molecule has 0 saturated carbocycles. The van der Waals surface area contributed by atoms with Gasteiger partial charge < -0.3 is 10.8 Å². The topological polar surface area (TPSA) is 104 Å². The first kappa shape index (κ1) is 17.3. The number of hydrogen-bond donors (Lipinski definition) is 1. The zero-order valence-corrected chi connectivity index (χ0v) is 15.5. The summed E-state index contributed by atoms with van der Waals surface area (Å²) in [6.45, 7) is 8.20. The number of nitrogens with two attached hydrogens (primary N) is 1. The predicted octanol–water partition coefficient (Wildman–Crippen LogP) is 2.37. The zero-order valence-electron chi connectivity index (χ0n) is 14.7. The molecule has 0 aliphatic carbocycles. The van der Waals surface area contributed by atoms with Crippen molar-refractivity contribution in [2.24, 2.45) is 10.9 Å². The van der Waals surface area contributed by atoms with Crippen LogP contribution in [0.1, 0.15) is 44.3 Å². The summed E-state index contributed by atoms with van der Waals surface area (Å²) >= 11 is 1.26. The van der Waals surface area contributed by atoms with E-state index in [4.69, 9.17) is 10.3 Å². The minimum Gasteiger partial charge on any atom is -0.857 e. The molecule has 25 heavy (non-hydrogen) atoms. The Morgan fingerprint density at radius 3 is 2.76 bits per heavy atom. The standard InChI is InChI=1S/C17H21N5O2S/c1-9(2)7-11-5-6-12-14(18)15(25-17(12)19-11)16(23)20-13-8-22(10(3)4)21-24-13/h5-6,8-10H,7H2,1-4H3,(H2-,18,20,21,23). The summed E-state index contributed by atoms with van der Waals surface area (Å²) in [7, 11) is 0. The molecule has 3 rings (SSSR count). The van der Waals surface area contributed by atoms with Gasteiger partial charge in [-0.3, -0.25) is 4.52 Å². The summed E-state index contributed by atoms with van der Waals surface area (Å²) in [6, 6.07) is 4.00. The number of nitrogen functional groups attached to an aromatic ring is 1. The van der Waals surface area contributed by atoms with Gasteiger partial charge in [-0.1, -0.05) is 13.8 Å². The maximum absolute atomic E-state index is 12.5. The van der Waals surface area contributed by atoms with Gasteiger partial charge in [0.25, 0.3) is 6.20 Å². The Bertz CT molecular complexity index is 926. The van der Waals surface area contributed by atoms with Crippen molar-refractivity contribution in [3.05, 3.63) is 28.9 Å². The fraction of sp³-hybridized carbons (Fsp3) is 0.412. The molecular formula is C17H21N5O2S. The molecule has 0 aliphatic rings. The number of pyridine rings is 1. The fourth-order valence-corrected chi connectivity index (χ4v) is 3.42. The number of aromatic nitrogens is 3. The first-order valence-corrected chi connectivity index (χ1v) is 8.99. The lowest BCUT2D eigenvalue weighted by molar-refractivity contribution is -0.779. The summed E-state index contributed by atoms with van der Waals surface area (Å²) in [5.41, 5.74) is 7.54. The lowest BCUT2D eigenvalue weighted by Gasteiger charge is -2.06. The van der Waals surface area contributed by atoms with Crippen LogP contribution >= 0.6 is 11.3 Å². The Morgan fingerprint density at radius 1 is 1.36 bits per heavy atom. The number of anilines is 1. The van der Waals surface area contributed by atoms with Crippen molar-refractivity contribution in [2.45, 2.75) is 40.2 Å². The third-order valence-corrected chi connectivity index (χ3v) is 4.78. The molecule has 132 valence electrons. The normalized spacial score (nSPS) is 12.6. The molecular weight excluding hydrogens is 338 g/mol. The van der Waals surface area contributed by atoms with Crippen molar-refractivity contribution < 1.29 is 14.3 Å². The van der Waals surface area contributed by atoms with E-state index in [-0.39, 0.29) is 11.9 Å².